The van der Waals surface area contributed by atoms with Crippen LogP contribution in [-0.2, 0) is 11.2 Å². The number of hydrogen-bond donors (Lipinski definition) is 2. The molecule has 0 radical (unpaired) electrons. The molecular weight excluding hydrogens is 402 g/mol. The standard InChI is InChI=1S/C26H19N3O3/c27-15-18-7-11-20(12-8-18)19-9-5-17(6-10-19)13-24(26(31)32)29-25(30)23-14-21-3-1-2-4-22(21)16-28-23/h1-12,14,16,24H,13H2,(H,29,30)(H,31,32)/t24-/m0/s1. The molecule has 0 saturated heterocycles. The van der Waals surface area contributed by atoms with E-state index in [-0.39, 0.29) is 12.1 Å². The van der Waals surface area contributed by atoms with Crippen LogP contribution in [0.2, 0.25) is 0 Å². The number of benzene rings is 3. The molecule has 32 heavy (non-hydrogen) atoms. The number of hydrogen-bond acceptors (Lipinski definition) is 4. The van der Waals surface area contributed by atoms with E-state index < -0.39 is 17.9 Å². The third kappa shape index (κ3) is 4.63. The van der Waals surface area contributed by atoms with E-state index in [4.69, 9.17) is 5.26 Å². The first-order valence-corrected chi connectivity index (χ1v) is 10.0. The Hall–Kier alpha value is -4.50. The molecule has 3 aromatic carbocycles. The zero-order valence-corrected chi connectivity index (χ0v) is 17.0. The van der Waals surface area contributed by atoms with Crippen molar-refractivity contribution in [2.75, 3.05) is 0 Å². The van der Waals surface area contributed by atoms with E-state index in [9.17, 15) is 14.7 Å². The van der Waals surface area contributed by atoms with Crippen molar-refractivity contribution in [3.05, 3.63) is 102 Å². The van der Waals surface area contributed by atoms with Gasteiger partial charge in [0.25, 0.3) is 5.91 Å². The smallest absolute Gasteiger partial charge is 0.326 e. The van der Waals surface area contributed by atoms with Gasteiger partial charge in [0.15, 0.2) is 0 Å². The average molecular weight is 421 g/mol. The molecule has 0 aliphatic rings. The minimum atomic E-state index is -1.12. The summed E-state index contributed by atoms with van der Waals surface area (Å²) in [4.78, 5) is 28.6. The molecule has 0 bridgehead atoms. The summed E-state index contributed by atoms with van der Waals surface area (Å²) >= 11 is 0. The fourth-order valence-corrected chi connectivity index (χ4v) is 3.45. The largest absolute Gasteiger partial charge is 0.480 e. The number of nitrogens with one attached hydrogen (secondary N) is 1. The van der Waals surface area contributed by atoms with Crippen molar-refractivity contribution in [2.24, 2.45) is 0 Å². The quantitative estimate of drug-likeness (QED) is 0.486. The van der Waals surface area contributed by atoms with Crippen LogP contribution in [0.4, 0.5) is 0 Å². The average Bonchev–Trinajstić information content (AvgIpc) is 2.83. The minimum absolute atomic E-state index is 0.141. The zero-order valence-electron chi connectivity index (χ0n) is 17.0. The summed E-state index contributed by atoms with van der Waals surface area (Å²) in [5.74, 6) is -1.65. The number of aliphatic carboxylic acids is 1. The summed E-state index contributed by atoms with van der Waals surface area (Å²) in [5, 5.41) is 22.9. The van der Waals surface area contributed by atoms with Crippen LogP contribution in [0, 0.1) is 11.3 Å². The van der Waals surface area contributed by atoms with E-state index in [0.717, 1.165) is 27.5 Å². The molecular formula is C26H19N3O3. The van der Waals surface area contributed by atoms with Crippen molar-refractivity contribution in [1.29, 1.82) is 5.26 Å². The molecule has 1 amide bonds. The van der Waals surface area contributed by atoms with E-state index in [1.165, 1.54) is 0 Å². The topological polar surface area (TPSA) is 103 Å². The van der Waals surface area contributed by atoms with Crippen LogP contribution < -0.4 is 5.32 Å². The van der Waals surface area contributed by atoms with Gasteiger partial charge in [0, 0.05) is 18.0 Å². The van der Waals surface area contributed by atoms with Gasteiger partial charge in [-0.25, -0.2) is 4.79 Å². The summed E-state index contributed by atoms with van der Waals surface area (Å²) in [6, 6.07) is 24.9. The predicted octanol–water partition coefficient (Wildman–Crippen LogP) is 4.20. The molecule has 156 valence electrons. The zero-order chi connectivity index (χ0) is 22.5. The number of aromatic nitrogens is 1. The lowest BCUT2D eigenvalue weighted by molar-refractivity contribution is -0.139. The summed E-state index contributed by atoms with van der Waals surface area (Å²) in [5.41, 5.74) is 3.45. The van der Waals surface area contributed by atoms with Gasteiger partial charge in [0.1, 0.15) is 11.7 Å². The number of carbonyl (C=O) groups excluding carboxylic acids is 1. The van der Waals surface area contributed by atoms with E-state index in [2.05, 4.69) is 16.4 Å². The van der Waals surface area contributed by atoms with E-state index >= 15 is 0 Å². The Morgan fingerprint density at radius 2 is 1.56 bits per heavy atom. The van der Waals surface area contributed by atoms with Gasteiger partial charge in [-0.3, -0.25) is 9.78 Å². The van der Waals surface area contributed by atoms with Gasteiger partial charge in [-0.05, 0) is 40.3 Å². The SMILES string of the molecule is N#Cc1ccc(-c2ccc(C[C@H](NC(=O)c3cc4ccccc4cn3)C(=O)O)cc2)cc1. The Morgan fingerprint density at radius 1 is 0.938 bits per heavy atom. The maximum atomic E-state index is 12.6. The van der Waals surface area contributed by atoms with Crippen molar-refractivity contribution in [3.63, 3.8) is 0 Å². The molecule has 0 saturated carbocycles. The molecule has 1 heterocycles. The second kappa shape index (κ2) is 9.11. The summed E-state index contributed by atoms with van der Waals surface area (Å²) in [7, 11) is 0. The lowest BCUT2D eigenvalue weighted by Crippen LogP contribution is -2.42. The number of rotatable bonds is 6. The highest BCUT2D eigenvalue weighted by Crippen LogP contribution is 2.21. The summed E-state index contributed by atoms with van der Waals surface area (Å²) in [6.07, 6.45) is 1.74. The fraction of sp³-hybridized carbons (Fsp3) is 0.0769. The number of carbonyl (C=O) groups is 2. The normalized spacial score (nSPS) is 11.5. The minimum Gasteiger partial charge on any atom is -0.480 e. The second-order valence-corrected chi connectivity index (χ2v) is 7.37. The number of fused-ring (bicyclic) bond motifs is 1. The Morgan fingerprint density at radius 3 is 2.19 bits per heavy atom. The highest BCUT2D eigenvalue weighted by atomic mass is 16.4. The van der Waals surface area contributed by atoms with E-state index in [1.54, 1.807) is 24.4 Å². The van der Waals surface area contributed by atoms with Gasteiger partial charge in [-0.15, -0.1) is 0 Å². The van der Waals surface area contributed by atoms with Crippen LogP contribution in [0.25, 0.3) is 21.9 Å². The molecule has 0 fully saturated rings. The lowest BCUT2D eigenvalue weighted by atomic mass is 10.00. The second-order valence-electron chi connectivity index (χ2n) is 7.37. The molecule has 6 heteroatoms. The fourth-order valence-electron chi connectivity index (χ4n) is 3.45. The van der Waals surface area contributed by atoms with Crippen LogP contribution >= 0.6 is 0 Å². The van der Waals surface area contributed by atoms with Crippen LogP contribution in [0.3, 0.4) is 0 Å². The number of carboxylic acid groups (broad SMARTS) is 1. The van der Waals surface area contributed by atoms with Gasteiger partial charge in [-0.2, -0.15) is 5.26 Å². The predicted molar refractivity (Wildman–Crippen MR) is 121 cm³/mol. The maximum Gasteiger partial charge on any atom is 0.326 e. The first-order valence-electron chi connectivity index (χ1n) is 10.0. The number of nitriles is 1. The Balaban J connectivity index is 1.47. The van der Waals surface area contributed by atoms with Gasteiger partial charge >= 0.3 is 5.97 Å². The molecule has 4 rings (SSSR count). The number of nitrogens with zero attached hydrogens (tertiary/aromatic N) is 2. The van der Waals surface area contributed by atoms with Crippen LogP contribution in [0.5, 0.6) is 0 Å². The van der Waals surface area contributed by atoms with Crippen molar-refractivity contribution in [2.45, 2.75) is 12.5 Å². The highest BCUT2D eigenvalue weighted by Gasteiger charge is 2.22. The van der Waals surface area contributed by atoms with Crippen molar-refractivity contribution in [1.82, 2.24) is 10.3 Å². The first-order chi connectivity index (χ1) is 15.5. The third-order valence-electron chi connectivity index (χ3n) is 5.21. The van der Waals surface area contributed by atoms with Crippen molar-refractivity contribution in [3.8, 4) is 17.2 Å². The van der Waals surface area contributed by atoms with Gasteiger partial charge in [0.05, 0.1) is 11.6 Å². The summed E-state index contributed by atoms with van der Waals surface area (Å²) < 4.78 is 0. The molecule has 0 unspecified atom stereocenters. The van der Waals surface area contributed by atoms with Crippen LogP contribution in [0.15, 0.2) is 85.1 Å². The third-order valence-corrected chi connectivity index (χ3v) is 5.21. The summed E-state index contributed by atoms with van der Waals surface area (Å²) in [6.45, 7) is 0. The van der Waals surface area contributed by atoms with Crippen LogP contribution in [0.1, 0.15) is 21.6 Å². The molecule has 1 aromatic heterocycles. The van der Waals surface area contributed by atoms with E-state index in [0.29, 0.717) is 5.56 Å². The highest BCUT2D eigenvalue weighted by molar-refractivity contribution is 5.98. The molecule has 0 aliphatic carbocycles. The number of carboxylic acids is 1. The molecule has 6 nitrogen and oxygen atoms in total. The number of pyridine rings is 1. The molecule has 1 atom stereocenters. The number of amides is 1. The first kappa shape index (κ1) is 20.8. The monoisotopic (exact) mass is 421 g/mol. The Bertz CT molecular complexity index is 1320. The van der Waals surface area contributed by atoms with Crippen LogP contribution in [-0.4, -0.2) is 28.0 Å². The Kier molecular flexibility index (Phi) is 5.91. The maximum absolute atomic E-state index is 12.6. The Labute approximate surface area is 184 Å². The molecule has 0 spiro atoms. The molecule has 4 aromatic rings. The molecule has 2 N–H and O–H groups in total. The van der Waals surface area contributed by atoms with Gasteiger partial charge in [-0.1, -0.05) is 60.7 Å². The molecule has 0 aliphatic heterocycles. The van der Waals surface area contributed by atoms with Gasteiger partial charge in [0.2, 0.25) is 0 Å². The van der Waals surface area contributed by atoms with Crippen molar-refractivity contribution < 1.29 is 14.7 Å². The van der Waals surface area contributed by atoms with Gasteiger partial charge < -0.3 is 10.4 Å². The van der Waals surface area contributed by atoms with E-state index in [1.807, 2.05) is 60.7 Å². The lowest BCUT2D eigenvalue weighted by Gasteiger charge is -2.15. The van der Waals surface area contributed by atoms with Crippen molar-refractivity contribution >= 4 is 22.6 Å².